The van der Waals surface area contributed by atoms with E-state index >= 15 is 0 Å². The van der Waals surface area contributed by atoms with Gasteiger partial charge in [-0.25, -0.2) is 0 Å². The van der Waals surface area contributed by atoms with Crippen molar-refractivity contribution in [1.82, 2.24) is 0 Å². The van der Waals surface area contributed by atoms with Gasteiger partial charge in [0.15, 0.2) is 5.75 Å². The highest BCUT2D eigenvalue weighted by Crippen LogP contribution is 2.35. The molecule has 33 heavy (non-hydrogen) atoms. The van der Waals surface area contributed by atoms with Crippen LogP contribution in [0, 0.1) is 28.4 Å². The second-order valence-corrected chi connectivity index (χ2v) is 7.83. The molecule has 0 fully saturated rings. The van der Waals surface area contributed by atoms with Crippen molar-refractivity contribution in [1.29, 1.82) is 5.26 Å². The molecule has 0 aliphatic rings. The molecule has 0 spiro atoms. The van der Waals surface area contributed by atoms with Gasteiger partial charge in [-0.2, -0.15) is 5.26 Å². The summed E-state index contributed by atoms with van der Waals surface area (Å²) in [5.41, 5.74) is 2.54. The van der Waals surface area contributed by atoms with Crippen LogP contribution >= 0.6 is 23.2 Å². The van der Waals surface area contributed by atoms with Gasteiger partial charge in [-0.05, 0) is 66.1 Å². The first kappa shape index (κ1) is 23.8. The lowest BCUT2D eigenvalue weighted by molar-refractivity contribution is -0.384. The van der Waals surface area contributed by atoms with Gasteiger partial charge < -0.3 is 10.1 Å². The van der Waals surface area contributed by atoms with E-state index in [0.29, 0.717) is 16.8 Å². The average molecular weight is 482 g/mol. The molecule has 0 heterocycles. The van der Waals surface area contributed by atoms with Crippen molar-refractivity contribution in [2.45, 2.75) is 13.5 Å². The Bertz CT molecular complexity index is 1260. The van der Waals surface area contributed by atoms with Gasteiger partial charge in [0, 0.05) is 17.8 Å². The zero-order valence-corrected chi connectivity index (χ0v) is 18.9. The standard InChI is InChI=1S/C24H17Cl2N3O4/c1-15-3-2-4-19(9-15)28-24(30)18(13-27)10-17-11-21(25)23(22(26)12-17)33-14-16-5-7-20(8-6-16)29(31)32/h2-12H,14H2,1H3,(H,28,30)/b18-10-. The first-order chi connectivity index (χ1) is 15.8. The van der Waals surface area contributed by atoms with E-state index in [-0.39, 0.29) is 33.7 Å². The van der Waals surface area contributed by atoms with Gasteiger partial charge in [0.05, 0.1) is 15.0 Å². The van der Waals surface area contributed by atoms with Crippen LogP contribution in [-0.4, -0.2) is 10.8 Å². The van der Waals surface area contributed by atoms with Crippen LogP contribution in [0.2, 0.25) is 10.0 Å². The number of nitro groups is 1. The summed E-state index contributed by atoms with van der Waals surface area (Å²) in [6.07, 6.45) is 1.38. The molecule has 0 aliphatic carbocycles. The quantitative estimate of drug-likeness (QED) is 0.183. The summed E-state index contributed by atoms with van der Waals surface area (Å²) in [5.74, 6) is -0.342. The van der Waals surface area contributed by atoms with Gasteiger partial charge in [-0.15, -0.1) is 0 Å². The van der Waals surface area contributed by atoms with Gasteiger partial charge in [0.2, 0.25) is 0 Å². The number of ether oxygens (including phenoxy) is 1. The molecular formula is C24H17Cl2N3O4. The van der Waals surface area contributed by atoms with Crippen LogP contribution < -0.4 is 10.1 Å². The second-order valence-electron chi connectivity index (χ2n) is 7.02. The molecule has 1 amide bonds. The molecule has 0 aromatic heterocycles. The Kier molecular flexibility index (Phi) is 7.67. The number of carbonyl (C=O) groups excluding carboxylic acids is 1. The molecule has 3 aromatic carbocycles. The number of amides is 1. The van der Waals surface area contributed by atoms with Crippen molar-refractivity contribution in [3.05, 3.63) is 103 Å². The van der Waals surface area contributed by atoms with Crippen LogP contribution in [0.3, 0.4) is 0 Å². The first-order valence-electron chi connectivity index (χ1n) is 9.62. The number of nitrogens with zero attached hydrogens (tertiary/aromatic N) is 2. The van der Waals surface area contributed by atoms with Crippen molar-refractivity contribution in [3.63, 3.8) is 0 Å². The predicted octanol–water partition coefficient (Wildman–Crippen LogP) is 6.33. The van der Waals surface area contributed by atoms with E-state index in [9.17, 15) is 20.2 Å². The third-order valence-electron chi connectivity index (χ3n) is 4.50. The molecule has 0 aliphatic heterocycles. The minimum Gasteiger partial charge on any atom is -0.486 e. The molecule has 9 heteroatoms. The monoisotopic (exact) mass is 481 g/mol. The number of benzene rings is 3. The first-order valence-corrected chi connectivity index (χ1v) is 10.4. The Hall–Kier alpha value is -3.86. The fraction of sp³-hybridized carbons (Fsp3) is 0.0833. The zero-order chi connectivity index (χ0) is 24.0. The molecule has 7 nitrogen and oxygen atoms in total. The topological polar surface area (TPSA) is 105 Å². The minimum absolute atomic E-state index is 0.0225. The summed E-state index contributed by atoms with van der Waals surface area (Å²) in [6, 6.07) is 18.0. The molecule has 3 rings (SSSR count). The lowest BCUT2D eigenvalue weighted by Gasteiger charge is -2.11. The number of nitriles is 1. The van der Waals surface area contributed by atoms with Gasteiger partial charge >= 0.3 is 0 Å². The van der Waals surface area contributed by atoms with Gasteiger partial charge in [-0.1, -0.05) is 35.3 Å². The highest BCUT2D eigenvalue weighted by atomic mass is 35.5. The highest BCUT2D eigenvalue weighted by Gasteiger charge is 2.14. The Balaban J connectivity index is 1.75. The fourth-order valence-electron chi connectivity index (χ4n) is 2.91. The fourth-order valence-corrected chi connectivity index (χ4v) is 3.52. The third kappa shape index (κ3) is 6.32. The highest BCUT2D eigenvalue weighted by molar-refractivity contribution is 6.37. The normalized spacial score (nSPS) is 10.9. The maximum absolute atomic E-state index is 12.5. The van der Waals surface area contributed by atoms with Crippen LogP contribution in [0.4, 0.5) is 11.4 Å². The number of nitro benzene ring substituents is 1. The summed E-state index contributed by atoms with van der Waals surface area (Å²) >= 11 is 12.6. The largest absolute Gasteiger partial charge is 0.486 e. The number of anilines is 1. The molecule has 3 aromatic rings. The van der Waals surface area contributed by atoms with E-state index in [1.165, 1.54) is 30.3 Å². The lowest BCUT2D eigenvalue weighted by atomic mass is 10.1. The van der Waals surface area contributed by atoms with Crippen molar-refractivity contribution in [2.24, 2.45) is 0 Å². The van der Waals surface area contributed by atoms with Gasteiger partial charge in [0.1, 0.15) is 18.2 Å². The van der Waals surface area contributed by atoms with Crippen molar-refractivity contribution in [3.8, 4) is 11.8 Å². The van der Waals surface area contributed by atoms with Crippen molar-refractivity contribution in [2.75, 3.05) is 5.32 Å². The number of carbonyl (C=O) groups is 1. The number of aryl methyl sites for hydroxylation is 1. The van der Waals surface area contributed by atoms with E-state index < -0.39 is 10.8 Å². The SMILES string of the molecule is Cc1cccc(NC(=O)/C(C#N)=C\c2cc(Cl)c(OCc3ccc([N+](=O)[O-])cc3)c(Cl)c2)c1. The summed E-state index contributed by atoms with van der Waals surface area (Å²) < 4.78 is 5.68. The number of nitrogens with one attached hydrogen (secondary N) is 1. The van der Waals surface area contributed by atoms with E-state index in [4.69, 9.17) is 27.9 Å². The van der Waals surface area contributed by atoms with Crippen molar-refractivity contribution >= 4 is 46.6 Å². The van der Waals surface area contributed by atoms with Gasteiger partial charge in [-0.3, -0.25) is 14.9 Å². The second kappa shape index (κ2) is 10.6. The number of hydrogen-bond acceptors (Lipinski definition) is 5. The smallest absolute Gasteiger partial charge is 0.269 e. The van der Waals surface area contributed by atoms with Crippen LogP contribution in [-0.2, 0) is 11.4 Å². The molecular weight excluding hydrogens is 465 g/mol. The summed E-state index contributed by atoms with van der Waals surface area (Å²) in [6.45, 7) is 1.99. The van der Waals surface area contributed by atoms with Gasteiger partial charge in [0.25, 0.3) is 11.6 Å². The molecule has 0 saturated carbocycles. The van der Waals surface area contributed by atoms with E-state index in [1.807, 2.05) is 19.1 Å². The molecule has 0 unspecified atom stereocenters. The van der Waals surface area contributed by atoms with Crippen LogP contribution in [0.1, 0.15) is 16.7 Å². The predicted molar refractivity (Wildman–Crippen MR) is 127 cm³/mol. The molecule has 1 N–H and O–H groups in total. The molecule has 0 saturated heterocycles. The molecule has 0 atom stereocenters. The maximum atomic E-state index is 12.5. The Labute approximate surface area is 200 Å². The minimum atomic E-state index is -0.561. The van der Waals surface area contributed by atoms with Crippen LogP contribution in [0.25, 0.3) is 6.08 Å². The Morgan fingerprint density at radius 1 is 1.15 bits per heavy atom. The summed E-state index contributed by atoms with van der Waals surface area (Å²) in [7, 11) is 0. The van der Waals surface area contributed by atoms with E-state index in [1.54, 1.807) is 30.3 Å². The maximum Gasteiger partial charge on any atom is 0.269 e. The Morgan fingerprint density at radius 2 is 1.82 bits per heavy atom. The zero-order valence-electron chi connectivity index (χ0n) is 17.3. The summed E-state index contributed by atoms with van der Waals surface area (Å²) in [5, 5.41) is 23.2. The number of halogens is 2. The third-order valence-corrected chi connectivity index (χ3v) is 5.06. The number of rotatable bonds is 7. The average Bonchev–Trinajstić information content (AvgIpc) is 2.77. The van der Waals surface area contributed by atoms with E-state index in [2.05, 4.69) is 5.32 Å². The molecule has 0 bridgehead atoms. The molecule has 166 valence electrons. The van der Waals surface area contributed by atoms with E-state index in [0.717, 1.165) is 5.56 Å². The summed E-state index contributed by atoms with van der Waals surface area (Å²) in [4.78, 5) is 22.7. The molecule has 0 radical (unpaired) electrons. The number of hydrogen-bond donors (Lipinski definition) is 1. The van der Waals surface area contributed by atoms with Crippen LogP contribution in [0.5, 0.6) is 5.75 Å². The number of non-ortho nitro benzene ring substituents is 1. The van der Waals surface area contributed by atoms with Crippen molar-refractivity contribution < 1.29 is 14.5 Å². The Morgan fingerprint density at radius 3 is 2.39 bits per heavy atom. The lowest BCUT2D eigenvalue weighted by Crippen LogP contribution is -2.13. The van der Waals surface area contributed by atoms with Crippen LogP contribution in [0.15, 0.2) is 66.2 Å².